The molecule has 1 radical (unpaired) electrons. The van der Waals surface area contributed by atoms with Crippen LogP contribution in [0, 0.1) is 30.6 Å². The summed E-state index contributed by atoms with van der Waals surface area (Å²) in [4.78, 5) is 6.66. The van der Waals surface area contributed by atoms with Crippen LogP contribution in [0.1, 0.15) is 85.1 Å². The van der Waals surface area contributed by atoms with E-state index in [1.807, 2.05) is 5.57 Å². The predicted octanol–water partition coefficient (Wildman–Crippen LogP) is 4.46. The molecule has 7 atom stereocenters. The quantitative estimate of drug-likeness (QED) is 0.291. The number of benzene rings is 1. The standard InChI is InChI=1S/C38H54N3Si.Co/c1-11-16-41(8)36-25-15-13-12-14-24(25)33-27-17-26-22(2)20-37(4,5)39-28(26)18-30(27)42(9,10)31-19-29-32(35(36)34(31)33)23(3)21-38(6,7)40-29;/h12-13,17-18,21-22,24-25,29,31-32,34,40H,1,11,14-16,19-20H2,2-10H3;/q-1;+2/p+1. The van der Waals surface area contributed by atoms with E-state index in [2.05, 4.69) is 114 Å². The molecule has 1 aromatic rings. The molecule has 0 bridgehead atoms. The minimum atomic E-state index is -1.85. The second kappa shape index (κ2) is 10.6. The molecule has 3 aliphatic heterocycles. The molecule has 3 heterocycles. The molecular formula is C38H55CoN3Si+2. The largest absolute Gasteiger partial charge is 2.00 e. The van der Waals surface area contributed by atoms with Gasteiger partial charge in [0.25, 0.3) is 0 Å². The molecule has 6 aliphatic rings. The number of allylic oxidation sites excluding steroid dienone is 3. The first-order chi connectivity index (χ1) is 19.7. The number of fused-ring (bicyclic) bond motifs is 6. The van der Waals surface area contributed by atoms with Crippen molar-refractivity contribution in [3.05, 3.63) is 70.3 Å². The first kappa shape index (κ1) is 31.6. The molecule has 233 valence electrons. The van der Waals surface area contributed by atoms with Crippen molar-refractivity contribution in [2.45, 2.75) is 115 Å². The van der Waals surface area contributed by atoms with Gasteiger partial charge in [0.05, 0.1) is 8.07 Å². The normalized spacial score (nSPS) is 35.6. The van der Waals surface area contributed by atoms with Crippen LogP contribution in [-0.4, -0.2) is 43.7 Å². The van der Waals surface area contributed by atoms with Crippen LogP contribution in [0.5, 0.6) is 0 Å². The molecule has 0 saturated heterocycles. The van der Waals surface area contributed by atoms with Gasteiger partial charge in [-0.1, -0.05) is 49.4 Å². The monoisotopic (exact) mass is 640 g/mol. The van der Waals surface area contributed by atoms with Crippen molar-refractivity contribution in [1.82, 2.24) is 10.2 Å². The molecule has 1 fully saturated rings. The zero-order valence-electron chi connectivity index (χ0n) is 28.2. The zero-order valence-corrected chi connectivity index (χ0v) is 30.2. The Hall–Kier alpha value is -1.41. The third-order valence-corrected chi connectivity index (χ3v) is 16.5. The summed E-state index contributed by atoms with van der Waals surface area (Å²) in [6.07, 6.45) is 13.3. The average molecular weight is 641 g/mol. The Morgan fingerprint density at radius 3 is 2.44 bits per heavy atom. The van der Waals surface area contributed by atoms with Crippen LogP contribution in [0.15, 0.2) is 47.2 Å². The fourth-order valence-electron chi connectivity index (χ4n) is 11.0. The smallest absolute Gasteiger partial charge is 0.380 e. The summed E-state index contributed by atoms with van der Waals surface area (Å²) in [7, 11) is 0.531. The van der Waals surface area contributed by atoms with Crippen LogP contribution in [-0.2, 0) is 16.8 Å². The summed E-state index contributed by atoms with van der Waals surface area (Å²) in [5.74, 6) is 2.82. The SMILES string of the molecule is [CH2-]CCN(C)C1=C2C3C(C)=CC(C)(C)NC3CC3C2C(=c2cc4c(cc2[Si]3(C)C)=[NH+]C(C)(C)CC4C)C2CC=CCC12.[Co+2]. The van der Waals surface area contributed by atoms with Crippen LogP contribution in [0.3, 0.4) is 0 Å². The van der Waals surface area contributed by atoms with Crippen LogP contribution < -0.4 is 26.1 Å². The first-order valence-corrected chi connectivity index (χ1v) is 20.0. The molecule has 3 aliphatic carbocycles. The maximum Gasteiger partial charge on any atom is 2.00 e. The molecule has 2 N–H and O–H groups in total. The van der Waals surface area contributed by atoms with Gasteiger partial charge in [-0.05, 0) is 99.8 Å². The van der Waals surface area contributed by atoms with Gasteiger partial charge in [-0.15, -0.1) is 0 Å². The summed E-state index contributed by atoms with van der Waals surface area (Å²) >= 11 is 0. The molecule has 0 aromatic heterocycles. The maximum atomic E-state index is 4.31. The summed E-state index contributed by atoms with van der Waals surface area (Å²) < 4.78 is 0. The average Bonchev–Trinajstić information content (AvgIpc) is 2.88. The van der Waals surface area contributed by atoms with Crippen molar-refractivity contribution in [2.24, 2.45) is 23.7 Å². The molecule has 0 spiro atoms. The Kier molecular flexibility index (Phi) is 7.76. The van der Waals surface area contributed by atoms with Gasteiger partial charge < -0.3 is 17.1 Å². The molecule has 0 amide bonds. The Bertz CT molecular complexity index is 1540. The van der Waals surface area contributed by atoms with Crippen LogP contribution in [0.25, 0.3) is 5.57 Å². The van der Waals surface area contributed by atoms with Crippen LogP contribution in [0.2, 0.25) is 18.6 Å². The van der Waals surface area contributed by atoms with Gasteiger partial charge in [-0.25, -0.2) is 4.99 Å². The van der Waals surface area contributed by atoms with Crippen molar-refractivity contribution in [1.29, 1.82) is 0 Å². The fourth-order valence-corrected chi connectivity index (χ4v) is 14.9. The zero-order chi connectivity index (χ0) is 29.9. The predicted molar refractivity (Wildman–Crippen MR) is 178 cm³/mol. The molecule has 7 rings (SSSR count). The van der Waals surface area contributed by atoms with E-state index in [-0.39, 0.29) is 27.9 Å². The second-order valence-corrected chi connectivity index (χ2v) is 21.4. The summed E-state index contributed by atoms with van der Waals surface area (Å²) in [5.41, 5.74) is 9.37. The molecule has 43 heavy (non-hydrogen) atoms. The van der Waals surface area contributed by atoms with Gasteiger partial charge in [0.15, 0.2) is 5.54 Å². The summed E-state index contributed by atoms with van der Waals surface area (Å²) in [6.45, 7) is 25.2. The van der Waals surface area contributed by atoms with Crippen LogP contribution >= 0.6 is 0 Å². The van der Waals surface area contributed by atoms with Crippen LogP contribution in [0.4, 0.5) is 0 Å². The van der Waals surface area contributed by atoms with Crippen molar-refractivity contribution in [3.8, 4) is 0 Å². The number of hydrogen-bond donors (Lipinski definition) is 2. The molecule has 1 aromatic carbocycles. The van der Waals surface area contributed by atoms with E-state index < -0.39 is 8.07 Å². The van der Waals surface area contributed by atoms with Gasteiger partial charge in [-0.3, -0.25) is 0 Å². The van der Waals surface area contributed by atoms with Gasteiger partial charge in [-0.2, -0.15) is 6.42 Å². The molecule has 7 unspecified atom stereocenters. The number of nitrogens with zero attached hydrogens (tertiary/aromatic N) is 1. The van der Waals surface area contributed by atoms with Gasteiger partial charge >= 0.3 is 16.8 Å². The third-order valence-electron chi connectivity index (χ3n) is 12.3. The number of hydrogen-bond acceptors (Lipinski definition) is 2. The molecular weight excluding hydrogens is 585 g/mol. The van der Waals surface area contributed by atoms with E-state index in [1.165, 1.54) is 24.6 Å². The van der Waals surface area contributed by atoms with E-state index in [4.69, 9.17) is 0 Å². The van der Waals surface area contributed by atoms with Gasteiger partial charge in [0.1, 0.15) is 0 Å². The third kappa shape index (κ3) is 4.77. The van der Waals surface area contributed by atoms with Crippen molar-refractivity contribution in [3.63, 3.8) is 0 Å². The van der Waals surface area contributed by atoms with Gasteiger partial charge in [0.2, 0.25) is 5.36 Å². The Morgan fingerprint density at radius 2 is 1.74 bits per heavy atom. The van der Waals surface area contributed by atoms with Crippen molar-refractivity contribution >= 4 is 18.8 Å². The summed E-state index contributed by atoms with van der Waals surface area (Å²) in [6, 6.07) is 5.89. The van der Waals surface area contributed by atoms with E-state index in [0.717, 1.165) is 19.4 Å². The Balaban J connectivity index is 0.00000329. The summed E-state index contributed by atoms with van der Waals surface area (Å²) in [5, 5.41) is 9.02. The molecule has 1 saturated carbocycles. The fraction of sp³-hybridized carbons (Fsp3) is 0.632. The van der Waals surface area contributed by atoms with E-state index in [0.29, 0.717) is 41.2 Å². The van der Waals surface area contributed by atoms with E-state index in [9.17, 15) is 0 Å². The van der Waals surface area contributed by atoms with Crippen molar-refractivity contribution < 1.29 is 21.8 Å². The second-order valence-electron chi connectivity index (χ2n) is 16.7. The Morgan fingerprint density at radius 1 is 1.05 bits per heavy atom. The van der Waals surface area contributed by atoms with Gasteiger partial charge in [0, 0.05) is 60.1 Å². The molecule has 3 nitrogen and oxygen atoms in total. The number of nitrogens with one attached hydrogen (secondary N) is 2. The van der Waals surface area contributed by atoms with E-state index in [1.54, 1.807) is 32.8 Å². The van der Waals surface area contributed by atoms with E-state index >= 15 is 0 Å². The minimum Gasteiger partial charge on any atom is -0.380 e. The Labute approximate surface area is 272 Å². The first-order valence-electron chi connectivity index (χ1n) is 16.9. The molecule has 5 heteroatoms. The minimum absolute atomic E-state index is 0. The number of rotatable bonds is 3. The topological polar surface area (TPSA) is 29.2 Å². The maximum absolute atomic E-state index is 4.31. The van der Waals surface area contributed by atoms with Crippen molar-refractivity contribution in [2.75, 3.05) is 13.6 Å².